The molecule has 0 aliphatic rings. The van der Waals surface area contributed by atoms with Crippen LogP contribution in [0.5, 0.6) is 0 Å². The van der Waals surface area contributed by atoms with E-state index in [0.717, 1.165) is 5.39 Å². The smallest absolute Gasteiger partial charge is 0.274 e. The minimum absolute atomic E-state index is 0.105. The number of fused-ring (bicyclic) bond motifs is 1. The van der Waals surface area contributed by atoms with Crippen LogP contribution in [-0.2, 0) is 0 Å². The summed E-state index contributed by atoms with van der Waals surface area (Å²) in [7, 11) is 0. The van der Waals surface area contributed by atoms with E-state index in [0.29, 0.717) is 10.5 Å². The molecule has 5 heteroatoms. The molecule has 21 heavy (non-hydrogen) atoms. The molecule has 0 bridgehead atoms. The van der Waals surface area contributed by atoms with Crippen molar-refractivity contribution in [3.05, 3.63) is 71.1 Å². The third kappa shape index (κ3) is 2.71. The van der Waals surface area contributed by atoms with Crippen molar-refractivity contribution in [2.45, 2.75) is 0 Å². The Labute approximate surface area is 125 Å². The van der Waals surface area contributed by atoms with Crippen molar-refractivity contribution in [1.29, 1.82) is 0 Å². The van der Waals surface area contributed by atoms with Gasteiger partial charge in [-0.25, -0.2) is 9.37 Å². The molecule has 104 valence electrons. The Morgan fingerprint density at radius 3 is 2.62 bits per heavy atom. The summed E-state index contributed by atoms with van der Waals surface area (Å²) in [5.74, 6) is -1.01. The summed E-state index contributed by atoms with van der Waals surface area (Å²) in [6, 6.07) is 14.7. The van der Waals surface area contributed by atoms with E-state index in [1.165, 1.54) is 18.2 Å². The van der Waals surface area contributed by atoms with E-state index in [-0.39, 0.29) is 11.4 Å². The molecule has 0 atom stereocenters. The topological polar surface area (TPSA) is 42.0 Å². The summed E-state index contributed by atoms with van der Waals surface area (Å²) >= 11 is 6.15. The van der Waals surface area contributed by atoms with E-state index in [1.54, 1.807) is 18.2 Å². The normalized spacial score (nSPS) is 10.6. The number of benzene rings is 2. The van der Waals surface area contributed by atoms with E-state index < -0.39 is 11.7 Å². The molecule has 0 aliphatic carbocycles. The number of halogens is 2. The molecule has 1 heterocycles. The maximum absolute atomic E-state index is 13.5. The van der Waals surface area contributed by atoms with Gasteiger partial charge in [-0.15, -0.1) is 0 Å². The summed E-state index contributed by atoms with van der Waals surface area (Å²) in [4.78, 5) is 16.4. The standard InChI is InChI=1S/C16H10ClFN2O/c17-11-9-15(19-13-7-3-1-5-10(11)13)16(21)20-14-8-4-2-6-12(14)18/h1-9H,(H,20,21). The lowest BCUT2D eigenvalue weighted by Crippen LogP contribution is -2.14. The lowest BCUT2D eigenvalue weighted by Gasteiger charge is -2.07. The molecule has 0 saturated heterocycles. The Balaban J connectivity index is 1.97. The van der Waals surface area contributed by atoms with Crippen molar-refractivity contribution < 1.29 is 9.18 Å². The van der Waals surface area contributed by atoms with E-state index in [4.69, 9.17) is 11.6 Å². The van der Waals surface area contributed by atoms with Crippen molar-refractivity contribution in [1.82, 2.24) is 4.98 Å². The predicted molar refractivity (Wildman–Crippen MR) is 81.1 cm³/mol. The number of rotatable bonds is 2. The number of carbonyl (C=O) groups excluding carboxylic acids is 1. The van der Waals surface area contributed by atoms with Crippen LogP contribution in [0.3, 0.4) is 0 Å². The number of carbonyl (C=O) groups is 1. The Kier molecular flexibility index (Phi) is 3.54. The summed E-state index contributed by atoms with van der Waals surface area (Å²) in [6.45, 7) is 0. The van der Waals surface area contributed by atoms with Crippen LogP contribution in [0.25, 0.3) is 10.9 Å². The second-order valence-electron chi connectivity index (χ2n) is 4.44. The van der Waals surface area contributed by atoms with Gasteiger partial charge < -0.3 is 5.32 Å². The first kappa shape index (κ1) is 13.5. The predicted octanol–water partition coefficient (Wildman–Crippen LogP) is 4.28. The number of nitrogens with zero attached hydrogens (tertiary/aromatic N) is 1. The fourth-order valence-electron chi connectivity index (χ4n) is 2.00. The largest absolute Gasteiger partial charge is 0.318 e. The first-order chi connectivity index (χ1) is 10.1. The van der Waals surface area contributed by atoms with Crippen LogP contribution in [0.2, 0.25) is 5.02 Å². The molecule has 0 unspecified atom stereocenters. The summed E-state index contributed by atoms with van der Waals surface area (Å²) in [5, 5.41) is 3.68. The van der Waals surface area contributed by atoms with Crippen molar-refractivity contribution in [2.24, 2.45) is 0 Å². The Morgan fingerprint density at radius 2 is 1.81 bits per heavy atom. The first-order valence-corrected chi connectivity index (χ1v) is 6.64. The van der Waals surface area contributed by atoms with Gasteiger partial charge in [-0.1, -0.05) is 41.9 Å². The van der Waals surface area contributed by atoms with E-state index in [9.17, 15) is 9.18 Å². The molecule has 3 aromatic rings. The summed E-state index contributed by atoms with van der Waals surface area (Å²) in [6.07, 6.45) is 0. The van der Waals surface area contributed by atoms with Gasteiger partial charge in [0.15, 0.2) is 0 Å². The van der Waals surface area contributed by atoms with Crippen LogP contribution in [0, 0.1) is 5.82 Å². The number of hydrogen-bond donors (Lipinski definition) is 1. The van der Waals surface area contributed by atoms with Gasteiger partial charge in [-0.05, 0) is 24.3 Å². The highest BCUT2D eigenvalue weighted by molar-refractivity contribution is 6.35. The second kappa shape index (κ2) is 5.50. The minimum atomic E-state index is -0.507. The third-order valence-corrected chi connectivity index (χ3v) is 3.33. The van der Waals surface area contributed by atoms with Gasteiger partial charge in [0.2, 0.25) is 0 Å². The van der Waals surface area contributed by atoms with Crippen LogP contribution >= 0.6 is 11.6 Å². The zero-order chi connectivity index (χ0) is 14.8. The number of anilines is 1. The quantitative estimate of drug-likeness (QED) is 0.767. The van der Waals surface area contributed by atoms with E-state index in [1.807, 2.05) is 18.2 Å². The molecule has 3 nitrogen and oxygen atoms in total. The maximum atomic E-state index is 13.5. The van der Waals surface area contributed by atoms with Crippen LogP contribution < -0.4 is 5.32 Å². The van der Waals surface area contributed by atoms with Crippen molar-refractivity contribution >= 4 is 34.1 Å². The molecule has 0 fully saturated rings. The fraction of sp³-hybridized carbons (Fsp3) is 0. The van der Waals surface area contributed by atoms with Crippen LogP contribution in [0.4, 0.5) is 10.1 Å². The number of pyridine rings is 1. The molecular formula is C16H10ClFN2O. The zero-order valence-electron chi connectivity index (χ0n) is 10.8. The maximum Gasteiger partial charge on any atom is 0.274 e. The number of amides is 1. The minimum Gasteiger partial charge on any atom is -0.318 e. The van der Waals surface area contributed by atoms with Gasteiger partial charge in [-0.2, -0.15) is 0 Å². The molecule has 0 saturated carbocycles. The average Bonchev–Trinajstić information content (AvgIpc) is 2.49. The van der Waals surface area contributed by atoms with Gasteiger partial charge in [0.25, 0.3) is 5.91 Å². The number of nitrogens with one attached hydrogen (secondary N) is 1. The lowest BCUT2D eigenvalue weighted by atomic mass is 10.2. The van der Waals surface area contributed by atoms with Crippen molar-refractivity contribution in [3.63, 3.8) is 0 Å². The van der Waals surface area contributed by atoms with Gasteiger partial charge in [-0.3, -0.25) is 4.79 Å². The zero-order valence-corrected chi connectivity index (χ0v) is 11.6. The molecular weight excluding hydrogens is 291 g/mol. The van der Waals surface area contributed by atoms with Crippen molar-refractivity contribution in [3.8, 4) is 0 Å². The van der Waals surface area contributed by atoms with Gasteiger partial charge in [0.05, 0.1) is 16.2 Å². The molecule has 2 aromatic carbocycles. The highest BCUT2D eigenvalue weighted by Gasteiger charge is 2.13. The summed E-state index contributed by atoms with van der Waals surface area (Å²) < 4.78 is 13.5. The van der Waals surface area contributed by atoms with Crippen LogP contribution in [-0.4, -0.2) is 10.9 Å². The molecule has 0 spiro atoms. The molecule has 1 amide bonds. The van der Waals surface area contributed by atoms with E-state index in [2.05, 4.69) is 10.3 Å². The van der Waals surface area contributed by atoms with Crippen LogP contribution in [0.15, 0.2) is 54.6 Å². The first-order valence-electron chi connectivity index (χ1n) is 6.26. The Bertz CT molecular complexity index is 835. The van der Waals surface area contributed by atoms with Gasteiger partial charge in [0.1, 0.15) is 11.5 Å². The molecule has 0 aliphatic heterocycles. The lowest BCUT2D eigenvalue weighted by molar-refractivity contribution is 0.102. The highest BCUT2D eigenvalue weighted by Crippen LogP contribution is 2.23. The number of para-hydroxylation sites is 2. The Morgan fingerprint density at radius 1 is 1.10 bits per heavy atom. The second-order valence-corrected chi connectivity index (χ2v) is 4.85. The average molecular weight is 301 g/mol. The van der Waals surface area contributed by atoms with Gasteiger partial charge in [0, 0.05) is 5.39 Å². The third-order valence-electron chi connectivity index (χ3n) is 3.02. The summed E-state index contributed by atoms with van der Waals surface area (Å²) in [5.41, 5.74) is 0.860. The molecule has 0 radical (unpaired) electrons. The van der Waals surface area contributed by atoms with E-state index >= 15 is 0 Å². The van der Waals surface area contributed by atoms with Crippen molar-refractivity contribution in [2.75, 3.05) is 5.32 Å². The molecule has 3 rings (SSSR count). The number of hydrogen-bond acceptors (Lipinski definition) is 2. The fourth-order valence-corrected chi connectivity index (χ4v) is 2.26. The molecule has 1 aromatic heterocycles. The SMILES string of the molecule is O=C(Nc1ccccc1F)c1cc(Cl)c2ccccc2n1. The van der Waals surface area contributed by atoms with Crippen LogP contribution in [0.1, 0.15) is 10.5 Å². The Hall–Kier alpha value is -2.46. The van der Waals surface area contributed by atoms with Gasteiger partial charge >= 0.3 is 0 Å². The number of aromatic nitrogens is 1. The highest BCUT2D eigenvalue weighted by atomic mass is 35.5. The monoisotopic (exact) mass is 300 g/mol. The molecule has 1 N–H and O–H groups in total.